The van der Waals surface area contributed by atoms with Crippen LogP contribution in [0.2, 0.25) is 0 Å². The van der Waals surface area contributed by atoms with E-state index in [1.54, 1.807) is 12.1 Å². The summed E-state index contributed by atoms with van der Waals surface area (Å²) in [6.07, 6.45) is 0.163. The summed E-state index contributed by atoms with van der Waals surface area (Å²) in [6.45, 7) is 3.96. The molecule has 7 nitrogen and oxygen atoms in total. The summed E-state index contributed by atoms with van der Waals surface area (Å²) < 4.78 is 0. The predicted molar refractivity (Wildman–Crippen MR) is 148 cm³/mol. The molecule has 0 saturated carbocycles. The van der Waals surface area contributed by atoms with Crippen molar-refractivity contribution in [2.45, 2.75) is 32.2 Å². The fourth-order valence-corrected chi connectivity index (χ4v) is 4.29. The van der Waals surface area contributed by atoms with E-state index in [1.807, 2.05) is 92.7 Å². The van der Waals surface area contributed by atoms with Crippen LogP contribution in [0.3, 0.4) is 0 Å². The van der Waals surface area contributed by atoms with Gasteiger partial charge >= 0.3 is 0 Å². The van der Waals surface area contributed by atoms with E-state index in [9.17, 15) is 19.7 Å². The monoisotopic (exact) mass is 507 g/mol. The number of amides is 2. The molecule has 38 heavy (non-hydrogen) atoms. The molecule has 4 aromatic rings. The van der Waals surface area contributed by atoms with Crippen LogP contribution in [0.4, 0.5) is 11.4 Å². The lowest BCUT2D eigenvalue weighted by Crippen LogP contribution is -2.47. The Hall–Kier alpha value is -4.78. The first kappa shape index (κ1) is 26.3. The van der Waals surface area contributed by atoms with Gasteiger partial charge in [-0.05, 0) is 53.8 Å². The van der Waals surface area contributed by atoms with Gasteiger partial charge in [0.05, 0.1) is 10.8 Å². The Balaban J connectivity index is 1.63. The first-order valence-electron chi connectivity index (χ1n) is 12.3. The van der Waals surface area contributed by atoms with E-state index in [0.29, 0.717) is 11.3 Å². The first-order chi connectivity index (χ1) is 18.3. The van der Waals surface area contributed by atoms with Crippen molar-refractivity contribution in [2.75, 3.05) is 5.32 Å². The second-order valence-electron chi connectivity index (χ2n) is 9.23. The van der Waals surface area contributed by atoms with E-state index in [2.05, 4.69) is 10.6 Å². The Kier molecular flexibility index (Phi) is 8.28. The number of hydrogen-bond donors (Lipinski definition) is 2. The van der Waals surface area contributed by atoms with E-state index in [4.69, 9.17) is 0 Å². The molecule has 192 valence electrons. The van der Waals surface area contributed by atoms with Gasteiger partial charge in [-0.3, -0.25) is 19.7 Å². The van der Waals surface area contributed by atoms with Gasteiger partial charge in [0.15, 0.2) is 0 Å². The Morgan fingerprint density at radius 1 is 0.763 bits per heavy atom. The highest BCUT2D eigenvalue weighted by molar-refractivity contribution is 5.99. The predicted octanol–water partition coefficient (Wildman–Crippen LogP) is 5.71. The van der Waals surface area contributed by atoms with Crippen molar-refractivity contribution in [1.82, 2.24) is 5.32 Å². The molecule has 0 aliphatic carbocycles. The minimum Gasteiger partial charge on any atom is -0.343 e. The second kappa shape index (κ2) is 12.0. The highest BCUT2D eigenvalue weighted by Crippen LogP contribution is 2.25. The van der Waals surface area contributed by atoms with Gasteiger partial charge < -0.3 is 10.6 Å². The molecule has 0 fully saturated rings. The number of rotatable bonds is 9. The van der Waals surface area contributed by atoms with Gasteiger partial charge in [-0.15, -0.1) is 0 Å². The topological polar surface area (TPSA) is 101 Å². The van der Waals surface area contributed by atoms with E-state index in [1.165, 1.54) is 12.1 Å². The van der Waals surface area contributed by atoms with Gasteiger partial charge in [-0.25, -0.2) is 0 Å². The van der Waals surface area contributed by atoms with Crippen molar-refractivity contribution in [3.05, 3.63) is 141 Å². The molecule has 1 atom stereocenters. The van der Waals surface area contributed by atoms with Crippen molar-refractivity contribution in [3.8, 4) is 0 Å². The molecular formula is C31H29N3O4. The number of carbonyl (C=O) groups excluding carboxylic acids is 2. The van der Waals surface area contributed by atoms with Crippen LogP contribution >= 0.6 is 0 Å². The van der Waals surface area contributed by atoms with Crippen molar-refractivity contribution in [2.24, 2.45) is 0 Å². The van der Waals surface area contributed by atoms with Gasteiger partial charge in [-0.1, -0.05) is 78.9 Å². The summed E-state index contributed by atoms with van der Waals surface area (Å²) in [6, 6.07) is 29.5. The number of benzene rings is 4. The van der Waals surface area contributed by atoms with Crippen molar-refractivity contribution < 1.29 is 14.5 Å². The normalized spacial score (nSPS) is 11.6. The van der Waals surface area contributed by atoms with Gasteiger partial charge in [0, 0.05) is 24.2 Å². The molecule has 0 aliphatic heterocycles. The zero-order valence-corrected chi connectivity index (χ0v) is 21.3. The highest BCUT2D eigenvalue weighted by Gasteiger charge is 2.28. The molecule has 0 heterocycles. The molecule has 0 unspecified atom stereocenters. The fourth-order valence-electron chi connectivity index (χ4n) is 4.29. The average molecular weight is 508 g/mol. The van der Waals surface area contributed by atoms with Crippen LogP contribution < -0.4 is 10.6 Å². The molecule has 0 aliphatic rings. The molecule has 0 spiro atoms. The van der Waals surface area contributed by atoms with Crippen LogP contribution in [0.5, 0.6) is 0 Å². The Labute approximate surface area is 221 Å². The standard InChI is InChI=1S/C31H29N3O4/c1-21-13-16-26(19-22(21)2)32-30(35)28(20-23-14-17-27(18-15-23)34(37)38)33-31(36)29(24-9-5-3-6-10-24)25-11-7-4-8-12-25/h3-19,28-29H,20H2,1-2H3,(H,32,35)(H,33,36)/t28-/m1/s1. The summed E-state index contributed by atoms with van der Waals surface area (Å²) >= 11 is 0. The summed E-state index contributed by atoms with van der Waals surface area (Å²) in [4.78, 5) is 37.8. The quantitative estimate of drug-likeness (QED) is 0.224. The lowest BCUT2D eigenvalue weighted by atomic mass is 9.90. The van der Waals surface area contributed by atoms with Crippen molar-refractivity contribution in [3.63, 3.8) is 0 Å². The molecular weight excluding hydrogens is 478 g/mol. The summed E-state index contributed by atoms with van der Waals surface area (Å²) in [5, 5.41) is 17.0. The number of non-ortho nitro benzene ring substituents is 1. The molecule has 0 aromatic heterocycles. The number of nitrogens with zero attached hydrogens (tertiary/aromatic N) is 1. The maximum absolute atomic E-state index is 13.8. The average Bonchev–Trinajstić information content (AvgIpc) is 2.92. The molecule has 0 radical (unpaired) electrons. The molecule has 7 heteroatoms. The maximum atomic E-state index is 13.8. The van der Waals surface area contributed by atoms with E-state index in [0.717, 1.165) is 22.3 Å². The number of nitrogens with one attached hydrogen (secondary N) is 2. The molecule has 2 amide bonds. The zero-order valence-electron chi connectivity index (χ0n) is 21.3. The van der Waals surface area contributed by atoms with Gasteiger partial charge in [-0.2, -0.15) is 0 Å². The molecule has 2 N–H and O–H groups in total. The van der Waals surface area contributed by atoms with E-state index in [-0.39, 0.29) is 23.9 Å². The Bertz CT molecular complexity index is 1380. The summed E-state index contributed by atoms with van der Waals surface area (Å²) in [7, 11) is 0. The third-order valence-corrected chi connectivity index (χ3v) is 6.52. The number of carbonyl (C=O) groups is 2. The van der Waals surface area contributed by atoms with E-state index < -0.39 is 16.9 Å². The van der Waals surface area contributed by atoms with Crippen molar-refractivity contribution in [1.29, 1.82) is 0 Å². The van der Waals surface area contributed by atoms with Crippen LogP contribution in [0.1, 0.15) is 33.7 Å². The Morgan fingerprint density at radius 2 is 1.34 bits per heavy atom. The van der Waals surface area contributed by atoms with Gasteiger partial charge in [0.1, 0.15) is 6.04 Å². The fraction of sp³-hybridized carbons (Fsp3) is 0.161. The number of hydrogen-bond acceptors (Lipinski definition) is 4. The molecule has 4 rings (SSSR count). The number of aryl methyl sites for hydroxylation is 2. The van der Waals surface area contributed by atoms with Crippen LogP contribution in [0.25, 0.3) is 0 Å². The molecule has 4 aromatic carbocycles. The number of nitro benzene ring substituents is 1. The first-order valence-corrected chi connectivity index (χ1v) is 12.3. The number of nitro groups is 1. The minimum absolute atomic E-state index is 0.0397. The number of anilines is 1. The SMILES string of the molecule is Cc1ccc(NC(=O)[C@@H](Cc2ccc([N+](=O)[O-])cc2)NC(=O)C(c2ccccc2)c2ccccc2)cc1C. The largest absolute Gasteiger partial charge is 0.343 e. The molecule has 0 bridgehead atoms. The molecule has 0 saturated heterocycles. The maximum Gasteiger partial charge on any atom is 0.269 e. The Morgan fingerprint density at radius 3 is 1.87 bits per heavy atom. The summed E-state index contributed by atoms with van der Waals surface area (Å²) in [5.41, 5.74) is 5.02. The van der Waals surface area contributed by atoms with Gasteiger partial charge in [0.25, 0.3) is 5.69 Å². The highest BCUT2D eigenvalue weighted by atomic mass is 16.6. The summed E-state index contributed by atoms with van der Waals surface area (Å²) in [5.74, 6) is -1.31. The van der Waals surface area contributed by atoms with Crippen molar-refractivity contribution >= 4 is 23.2 Å². The minimum atomic E-state index is -0.916. The lowest BCUT2D eigenvalue weighted by Gasteiger charge is -2.23. The van der Waals surface area contributed by atoms with E-state index >= 15 is 0 Å². The second-order valence-corrected chi connectivity index (χ2v) is 9.23. The third kappa shape index (κ3) is 6.50. The van der Waals surface area contributed by atoms with Gasteiger partial charge in [0.2, 0.25) is 11.8 Å². The lowest BCUT2D eigenvalue weighted by molar-refractivity contribution is -0.384. The third-order valence-electron chi connectivity index (χ3n) is 6.52. The zero-order chi connectivity index (χ0) is 27.1. The smallest absolute Gasteiger partial charge is 0.269 e. The van der Waals surface area contributed by atoms with Crippen LogP contribution in [-0.4, -0.2) is 22.8 Å². The van der Waals surface area contributed by atoms with Crippen LogP contribution in [0.15, 0.2) is 103 Å². The van der Waals surface area contributed by atoms with Crippen LogP contribution in [0, 0.1) is 24.0 Å². The van der Waals surface area contributed by atoms with Crippen LogP contribution in [-0.2, 0) is 16.0 Å².